The molecule has 0 aliphatic heterocycles. The van der Waals surface area contributed by atoms with E-state index in [9.17, 15) is 27.9 Å². The van der Waals surface area contributed by atoms with Gasteiger partial charge in [0.15, 0.2) is 6.10 Å². The van der Waals surface area contributed by atoms with Crippen LogP contribution in [0.1, 0.15) is 42.0 Å². The summed E-state index contributed by atoms with van der Waals surface area (Å²) in [5.41, 5.74) is 3.60. The molecule has 0 spiro atoms. The molecule has 2 aromatic carbocycles. The van der Waals surface area contributed by atoms with Gasteiger partial charge in [-0.25, -0.2) is 9.59 Å². The predicted octanol–water partition coefficient (Wildman–Crippen LogP) is 5.88. The summed E-state index contributed by atoms with van der Waals surface area (Å²) >= 11 is 0. The van der Waals surface area contributed by atoms with E-state index in [0.29, 0.717) is 18.1 Å². The number of benzene rings is 2. The third-order valence-corrected chi connectivity index (χ3v) is 6.12. The molecular formula is C29H38F3NO7. The van der Waals surface area contributed by atoms with Crippen LogP contribution in [0.4, 0.5) is 18.0 Å². The van der Waals surface area contributed by atoms with Crippen LogP contribution < -0.4 is 9.47 Å². The first kappa shape index (κ1) is 32.9. The predicted molar refractivity (Wildman–Crippen MR) is 143 cm³/mol. The van der Waals surface area contributed by atoms with E-state index >= 15 is 0 Å². The van der Waals surface area contributed by atoms with Crippen molar-refractivity contribution in [2.75, 3.05) is 39.5 Å². The minimum atomic E-state index is -4.24. The summed E-state index contributed by atoms with van der Waals surface area (Å²) in [5.74, 6) is -0.0874. The topological polar surface area (TPSA) is 94.5 Å². The number of ether oxygens (including phenoxy) is 4. The molecule has 0 radical (unpaired) electrons. The number of aryl methyl sites for hydroxylation is 3. The summed E-state index contributed by atoms with van der Waals surface area (Å²) in [6.07, 6.45) is -6.68. The van der Waals surface area contributed by atoms with Crippen LogP contribution in [-0.2, 0) is 20.7 Å². The Balaban J connectivity index is 1.96. The van der Waals surface area contributed by atoms with Crippen LogP contribution >= 0.6 is 0 Å². The Morgan fingerprint density at radius 2 is 1.60 bits per heavy atom. The molecule has 2 aromatic rings. The second-order valence-electron chi connectivity index (χ2n) is 9.37. The molecule has 222 valence electrons. The second-order valence-corrected chi connectivity index (χ2v) is 9.37. The number of aliphatic carboxylic acids is 1. The number of rotatable bonds is 16. The number of hydrogen-bond acceptors (Lipinski definition) is 6. The van der Waals surface area contributed by atoms with Crippen LogP contribution in [0, 0.1) is 20.8 Å². The molecule has 0 saturated carbocycles. The fraction of sp³-hybridized carbons (Fsp3) is 0.517. The number of halogens is 3. The largest absolute Gasteiger partial charge is 0.492 e. The van der Waals surface area contributed by atoms with E-state index in [-0.39, 0.29) is 45.8 Å². The molecule has 40 heavy (non-hydrogen) atoms. The van der Waals surface area contributed by atoms with Gasteiger partial charge in [-0.1, -0.05) is 18.2 Å². The van der Waals surface area contributed by atoms with Gasteiger partial charge in [0, 0.05) is 32.6 Å². The fourth-order valence-corrected chi connectivity index (χ4v) is 3.78. The molecule has 0 aliphatic carbocycles. The molecule has 0 fully saturated rings. The molecule has 0 bridgehead atoms. The summed E-state index contributed by atoms with van der Waals surface area (Å²) in [7, 11) is 0. The van der Waals surface area contributed by atoms with Crippen molar-refractivity contribution in [3.8, 4) is 11.5 Å². The van der Waals surface area contributed by atoms with Gasteiger partial charge in [-0.2, -0.15) is 13.2 Å². The second kappa shape index (κ2) is 16.1. The van der Waals surface area contributed by atoms with Gasteiger partial charge >= 0.3 is 18.2 Å². The van der Waals surface area contributed by atoms with Gasteiger partial charge in [0.1, 0.15) is 18.1 Å². The number of nitrogens with zero attached hydrogens (tertiary/aromatic N) is 1. The average molecular weight is 570 g/mol. The quantitative estimate of drug-likeness (QED) is 0.252. The highest BCUT2D eigenvalue weighted by molar-refractivity contribution is 5.73. The van der Waals surface area contributed by atoms with E-state index in [1.807, 2.05) is 26.8 Å². The highest BCUT2D eigenvalue weighted by Crippen LogP contribution is 2.23. The first-order chi connectivity index (χ1) is 18.9. The fourth-order valence-electron chi connectivity index (χ4n) is 3.78. The van der Waals surface area contributed by atoms with Crippen molar-refractivity contribution in [2.24, 2.45) is 0 Å². The number of carbonyl (C=O) groups is 2. The van der Waals surface area contributed by atoms with Crippen LogP contribution in [-0.4, -0.2) is 73.9 Å². The van der Waals surface area contributed by atoms with Gasteiger partial charge < -0.3 is 29.0 Å². The minimum Gasteiger partial charge on any atom is -0.492 e. The molecule has 0 heterocycles. The van der Waals surface area contributed by atoms with Crippen LogP contribution in [0.2, 0.25) is 0 Å². The van der Waals surface area contributed by atoms with E-state index in [4.69, 9.17) is 18.9 Å². The lowest BCUT2D eigenvalue weighted by Gasteiger charge is -2.23. The maximum Gasteiger partial charge on any atom is 0.415 e. The van der Waals surface area contributed by atoms with Gasteiger partial charge in [-0.05, 0) is 74.6 Å². The van der Waals surface area contributed by atoms with E-state index in [1.54, 1.807) is 37.3 Å². The number of carbonyl (C=O) groups excluding carboxylic acids is 1. The Kier molecular flexibility index (Phi) is 13.2. The number of hydrogen-bond donors (Lipinski definition) is 1. The summed E-state index contributed by atoms with van der Waals surface area (Å²) in [6, 6.07) is 10.6. The Morgan fingerprint density at radius 1 is 0.950 bits per heavy atom. The molecule has 1 amide bonds. The Labute approximate surface area is 233 Å². The molecule has 1 unspecified atom stereocenters. The summed E-state index contributed by atoms with van der Waals surface area (Å²) in [6.45, 7) is 8.06. The molecule has 0 aromatic heterocycles. The summed E-state index contributed by atoms with van der Waals surface area (Å²) < 4.78 is 59.0. The van der Waals surface area contributed by atoms with E-state index in [1.165, 1.54) is 4.90 Å². The number of carboxylic acids is 1. The van der Waals surface area contributed by atoms with Crippen LogP contribution in [0.3, 0.4) is 0 Å². The molecule has 1 atom stereocenters. The van der Waals surface area contributed by atoms with Crippen molar-refractivity contribution in [3.63, 3.8) is 0 Å². The Morgan fingerprint density at radius 3 is 2.23 bits per heavy atom. The lowest BCUT2D eigenvalue weighted by molar-refractivity contribution is -0.150. The highest BCUT2D eigenvalue weighted by Gasteiger charge is 2.26. The molecule has 8 nitrogen and oxygen atoms in total. The summed E-state index contributed by atoms with van der Waals surface area (Å²) in [5, 5.41) is 9.26. The zero-order valence-electron chi connectivity index (χ0n) is 23.4. The molecule has 11 heteroatoms. The lowest BCUT2D eigenvalue weighted by atomic mass is 10.1. The van der Waals surface area contributed by atoms with Gasteiger partial charge in [-0.3, -0.25) is 0 Å². The van der Waals surface area contributed by atoms with Crippen LogP contribution in [0.15, 0.2) is 36.4 Å². The molecule has 0 saturated heterocycles. The number of amides is 1. The van der Waals surface area contributed by atoms with E-state index in [2.05, 4.69) is 0 Å². The lowest BCUT2D eigenvalue weighted by Crippen LogP contribution is -2.39. The van der Waals surface area contributed by atoms with Crippen molar-refractivity contribution < 1.29 is 46.8 Å². The molecule has 1 N–H and O–H groups in total. The first-order valence-electron chi connectivity index (χ1n) is 13.1. The van der Waals surface area contributed by atoms with Crippen molar-refractivity contribution in [2.45, 2.75) is 59.2 Å². The van der Waals surface area contributed by atoms with Gasteiger partial charge in [0.05, 0.1) is 13.2 Å². The van der Waals surface area contributed by atoms with Crippen LogP contribution in [0.5, 0.6) is 11.5 Å². The zero-order chi connectivity index (χ0) is 29.7. The first-order valence-corrected chi connectivity index (χ1v) is 13.1. The smallest absolute Gasteiger partial charge is 0.415 e. The monoisotopic (exact) mass is 569 g/mol. The van der Waals surface area contributed by atoms with Crippen molar-refractivity contribution in [3.05, 3.63) is 58.7 Å². The van der Waals surface area contributed by atoms with Crippen molar-refractivity contribution in [1.82, 2.24) is 4.90 Å². The normalized spacial score (nSPS) is 12.2. The zero-order valence-corrected chi connectivity index (χ0v) is 23.4. The maximum atomic E-state index is 13.0. The van der Waals surface area contributed by atoms with Crippen LogP contribution in [0.25, 0.3) is 0 Å². The Hall–Kier alpha value is -3.31. The Bertz CT molecular complexity index is 1090. The number of carboxylic acid groups (broad SMARTS) is 1. The third-order valence-electron chi connectivity index (χ3n) is 6.12. The van der Waals surface area contributed by atoms with Gasteiger partial charge in [-0.15, -0.1) is 0 Å². The third kappa shape index (κ3) is 11.8. The van der Waals surface area contributed by atoms with Crippen molar-refractivity contribution in [1.29, 1.82) is 0 Å². The van der Waals surface area contributed by atoms with E-state index in [0.717, 1.165) is 22.3 Å². The van der Waals surface area contributed by atoms with Gasteiger partial charge in [0.2, 0.25) is 0 Å². The van der Waals surface area contributed by atoms with E-state index < -0.39 is 30.8 Å². The standard InChI is InChI=1S/C29H38F3NO7/c1-5-38-26(27(34)35)19-23-7-9-24(10-8-23)39-16-13-33(12-15-37-14-6-11-29(30,31)32)28(36)40-25-18-21(3)20(2)17-22(25)4/h7-10,17-18,26H,5-6,11-16,19H2,1-4H3,(H,34,35). The SMILES string of the molecule is CCOC(Cc1ccc(OCCN(CCOCCCC(F)(F)F)C(=O)Oc2cc(C)c(C)cc2C)cc1)C(=O)O. The highest BCUT2D eigenvalue weighted by atomic mass is 19.4. The van der Waals surface area contributed by atoms with Gasteiger partial charge in [0.25, 0.3) is 0 Å². The minimum absolute atomic E-state index is 0.0398. The molecule has 0 aliphatic rings. The average Bonchev–Trinajstić information content (AvgIpc) is 2.88. The molecule has 2 rings (SSSR count). The number of alkyl halides is 3. The molecular weight excluding hydrogens is 531 g/mol. The van der Waals surface area contributed by atoms with Crippen molar-refractivity contribution >= 4 is 12.1 Å². The maximum absolute atomic E-state index is 13.0. The summed E-state index contributed by atoms with van der Waals surface area (Å²) in [4.78, 5) is 25.7.